The normalized spacial score (nSPS) is 13.6. The number of amides is 1. The highest BCUT2D eigenvalue weighted by Gasteiger charge is 2.19. The molecule has 0 aliphatic carbocycles. The van der Waals surface area contributed by atoms with E-state index in [1.54, 1.807) is 17.6 Å². The van der Waals surface area contributed by atoms with E-state index in [4.69, 9.17) is 14.2 Å². The highest BCUT2D eigenvalue weighted by molar-refractivity contribution is 7.20. The first-order valence-corrected chi connectivity index (χ1v) is 11.3. The number of rotatable bonds is 4. The summed E-state index contributed by atoms with van der Waals surface area (Å²) in [7, 11) is 0. The molecule has 0 saturated heterocycles. The van der Waals surface area contributed by atoms with Crippen LogP contribution in [0.4, 0.5) is 0 Å². The lowest BCUT2D eigenvalue weighted by molar-refractivity contribution is -0.143. The van der Waals surface area contributed by atoms with Crippen LogP contribution in [-0.4, -0.2) is 41.2 Å². The Labute approximate surface area is 184 Å². The highest BCUT2D eigenvalue weighted by atomic mass is 32.1. The van der Waals surface area contributed by atoms with Crippen molar-refractivity contribution in [1.29, 1.82) is 0 Å². The Morgan fingerprint density at radius 1 is 1.13 bits per heavy atom. The van der Waals surface area contributed by atoms with E-state index in [1.807, 2.05) is 30.3 Å². The van der Waals surface area contributed by atoms with Crippen molar-refractivity contribution in [3.8, 4) is 11.5 Å². The van der Waals surface area contributed by atoms with Crippen LogP contribution >= 0.6 is 22.7 Å². The second-order valence-corrected chi connectivity index (χ2v) is 8.68. The van der Waals surface area contributed by atoms with Gasteiger partial charge in [-0.2, -0.15) is 4.99 Å². The molecule has 2 aromatic heterocycles. The number of thiazole rings is 2. The van der Waals surface area contributed by atoms with Crippen molar-refractivity contribution in [2.75, 3.05) is 19.8 Å². The fourth-order valence-electron chi connectivity index (χ4n) is 3.28. The molecule has 31 heavy (non-hydrogen) atoms. The second-order valence-electron chi connectivity index (χ2n) is 6.64. The van der Waals surface area contributed by atoms with Gasteiger partial charge in [-0.1, -0.05) is 23.5 Å². The van der Waals surface area contributed by atoms with Crippen molar-refractivity contribution in [3.63, 3.8) is 0 Å². The first kappa shape index (κ1) is 19.7. The topological polar surface area (TPSA) is 92.0 Å². The predicted molar refractivity (Wildman–Crippen MR) is 117 cm³/mol. The quantitative estimate of drug-likeness (QED) is 0.438. The van der Waals surface area contributed by atoms with Gasteiger partial charge in [-0.25, -0.2) is 4.98 Å². The summed E-state index contributed by atoms with van der Waals surface area (Å²) in [4.78, 5) is 34.2. The molecular formula is C21H17N3O5S2. The smallest absolute Gasteiger partial charge is 0.326 e. The summed E-state index contributed by atoms with van der Waals surface area (Å²) in [6, 6.07) is 11.2. The van der Waals surface area contributed by atoms with Crippen LogP contribution in [0.25, 0.3) is 20.4 Å². The zero-order chi connectivity index (χ0) is 21.4. The van der Waals surface area contributed by atoms with Crippen LogP contribution in [0, 0.1) is 0 Å². The Morgan fingerprint density at radius 3 is 2.68 bits per heavy atom. The van der Waals surface area contributed by atoms with E-state index < -0.39 is 11.9 Å². The standard InChI is InChI=1S/C21H17N3O5S2/c1-2-27-18(25)11-24-13-9-14-15(29-8-7-28-14)10-17(13)31-21(24)23-19(26)20-22-12-5-3-4-6-16(12)30-20/h3-6,9-10H,2,7-8,11H2,1H3. The molecule has 0 unspecified atom stereocenters. The molecule has 0 bridgehead atoms. The van der Waals surface area contributed by atoms with Gasteiger partial charge in [0.15, 0.2) is 21.3 Å². The van der Waals surface area contributed by atoms with Gasteiger partial charge in [-0.15, -0.1) is 11.3 Å². The van der Waals surface area contributed by atoms with Crippen molar-refractivity contribution < 1.29 is 23.8 Å². The predicted octanol–water partition coefficient (Wildman–Crippen LogP) is 3.39. The molecule has 8 nitrogen and oxygen atoms in total. The number of benzene rings is 2. The summed E-state index contributed by atoms with van der Waals surface area (Å²) < 4.78 is 19.9. The Balaban J connectivity index is 1.63. The number of ether oxygens (including phenoxy) is 3. The fraction of sp³-hybridized carbons (Fsp3) is 0.238. The lowest BCUT2D eigenvalue weighted by Crippen LogP contribution is -2.23. The van der Waals surface area contributed by atoms with Crippen LogP contribution in [-0.2, 0) is 16.1 Å². The number of hydrogen-bond donors (Lipinski definition) is 0. The molecular weight excluding hydrogens is 438 g/mol. The molecule has 158 valence electrons. The summed E-state index contributed by atoms with van der Waals surface area (Å²) in [6.45, 7) is 2.87. The van der Waals surface area contributed by atoms with Gasteiger partial charge < -0.3 is 18.8 Å². The van der Waals surface area contributed by atoms with Crippen LogP contribution in [0.3, 0.4) is 0 Å². The van der Waals surface area contributed by atoms with Gasteiger partial charge in [-0.05, 0) is 19.1 Å². The summed E-state index contributed by atoms with van der Waals surface area (Å²) in [5.74, 6) is 0.360. The molecule has 0 saturated carbocycles. The Hall–Kier alpha value is -3.24. The third kappa shape index (κ3) is 3.79. The zero-order valence-corrected chi connectivity index (χ0v) is 18.1. The molecule has 0 atom stereocenters. The summed E-state index contributed by atoms with van der Waals surface area (Å²) in [5.41, 5.74) is 1.47. The average molecular weight is 456 g/mol. The number of aromatic nitrogens is 2. The number of hydrogen-bond acceptors (Lipinski definition) is 8. The van der Waals surface area contributed by atoms with E-state index in [0.29, 0.717) is 34.5 Å². The van der Waals surface area contributed by atoms with Gasteiger partial charge in [0, 0.05) is 12.1 Å². The lowest BCUT2D eigenvalue weighted by atomic mass is 10.2. The van der Waals surface area contributed by atoms with Gasteiger partial charge in [0.1, 0.15) is 19.8 Å². The minimum absolute atomic E-state index is 0.0700. The van der Waals surface area contributed by atoms with Crippen molar-refractivity contribution >= 4 is 55.0 Å². The zero-order valence-electron chi connectivity index (χ0n) is 16.5. The van der Waals surface area contributed by atoms with Crippen LogP contribution in [0.15, 0.2) is 41.4 Å². The van der Waals surface area contributed by atoms with E-state index in [-0.39, 0.29) is 13.2 Å². The lowest BCUT2D eigenvalue weighted by Gasteiger charge is -2.18. The van der Waals surface area contributed by atoms with Crippen molar-refractivity contribution in [3.05, 3.63) is 46.2 Å². The van der Waals surface area contributed by atoms with E-state index >= 15 is 0 Å². The summed E-state index contributed by atoms with van der Waals surface area (Å²) in [6.07, 6.45) is 0. The van der Waals surface area contributed by atoms with Crippen LogP contribution in [0.2, 0.25) is 0 Å². The summed E-state index contributed by atoms with van der Waals surface area (Å²) >= 11 is 2.58. The molecule has 1 aliphatic heterocycles. The molecule has 0 fully saturated rings. The monoisotopic (exact) mass is 455 g/mol. The van der Waals surface area contributed by atoms with Crippen molar-refractivity contribution in [2.24, 2.45) is 4.99 Å². The maximum Gasteiger partial charge on any atom is 0.326 e. The third-order valence-electron chi connectivity index (χ3n) is 4.61. The van der Waals surface area contributed by atoms with Crippen LogP contribution in [0.1, 0.15) is 16.7 Å². The molecule has 0 N–H and O–H groups in total. The second kappa shape index (κ2) is 8.12. The molecule has 4 aromatic rings. The Morgan fingerprint density at radius 2 is 1.90 bits per heavy atom. The van der Waals surface area contributed by atoms with Gasteiger partial charge in [0.05, 0.1) is 27.0 Å². The molecule has 0 spiro atoms. The minimum atomic E-state index is -0.456. The van der Waals surface area contributed by atoms with Crippen LogP contribution < -0.4 is 14.3 Å². The third-order valence-corrected chi connectivity index (χ3v) is 6.68. The van der Waals surface area contributed by atoms with Gasteiger partial charge in [-0.3, -0.25) is 9.59 Å². The van der Waals surface area contributed by atoms with E-state index in [2.05, 4.69) is 9.98 Å². The molecule has 5 rings (SSSR count). The van der Waals surface area contributed by atoms with Crippen molar-refractivity contribution in [1.82, 2.24) is 9.55 Å². The van der Waals surface area contributed by atoms with E-state index in [0.717, 1.165) is 20.4 Å². The molecule has 3 heterocycles. The minimum Gasteiger partial charge on any atom is -0.486 e. The number of carbonyl (C=O) groups excluding carboxylic acids is 2. The molecule has 1 aliphatic rings. The number of carbonyl (C=O) groups is 2. The largest absolute Gasteiger partial charge is 0.486 e. The first-order chi connectivity index (χ1) is 15.1. The van der Waals surface area contributed by atoms with Crippen molar-refractivity contribution in [2.45, 2.75) is 13.5 Å². The molecule has 10 heteroatoms. The highest BCUT2D eigenvalue weighted by Crippen LogP contribution is 2.35. The summed E-state index contributed by atoms with van der Waals surface area (Å²) in [5, 5.41) is 0.298. The molecule has 1 amide bonds. The maximum atomic E-state index is 12.9. The van der Waals surface area contributed by atoms with Gasteiger partial charge in [0.2, 0.25) is 0 Å². The van der Waals surface area contributed by atoms with Gasteiger partial charge in [0.25, 0.3) is 0 Å². The Kier molecular flexibility index (Phi) is 5.16. The fourth-order valence-corrected chi connectivity index (χ4v) is 5.17. The number of fused-ring (bicyclic) bond motifs is 3. The van der Waals surface area contributed by atoms with Crippen LogP contribution in [0.5, 0.6) is 11.5 Å². The number of esters is 1. The first-order valence-electron chi connectivity index (χ1n) is 9.65. The average Bonchev–Trinajstić information content (AvgIpc) is 3.34. The maximum absolute atomic E-state index is 12.9. The number of nitrogens with zero attached hydrogens (tertiary/aromatic N) is 3. The Bertz CT molecular complexity index is 1350. The van der Waals surface area contributed by atoms with Gasteiger partial charge >= 0.3 is 11.9 Å². The van der Waals surface area contributed by atoms with E-state index in [9.17, 15) is 9.59 Å². The SMILES string of the molecule is CCOC(=O)Cn1c(=NC(=O)c2nc3ccccc3s2)sc2cc3c(cc21)OCCO3. The molecule has 2 aromatic carbocycles. The van der Waals surface area contributed by atoms with E-state index in [1.165, 1.54) is 22.7 Å². The number of para-hydroxylation sites is 1. The molecule has 0 radical (unpaired) electrons.